The molecule has 318 valence electrons. The van der Waals surface area contributed by atoms with E-state index in [1.165, 1.54) is 19.1 Å². The number of ether oxygens (including phenoxy) is 3. The minimum absolute atomic E-state index is 0.00238. The molecule has 4 aliphatic rings. The number of hydrogen-bond acceptors (Lipinski definition) is 10. The number of methoxy groups -OCH3 is 2. The summed E-state index contributed by atoms with van der Waals surface area (Å²) in [6, 6.07) is 14.2. The standard InChI is InChI=1S/C45H55N7O8/c1-26(2)39(48-43(55)58-7)41(53)51-19-9-10-37(51)35-20-33(22-46-35)31-15-11-29(12-16-31)30-13-17-32(18-14-30)34-21-36(47-23-34)38-24-50(45(57)60-28(5)6)25-52(38)42(54)40(27(3)4)49-44(56)59-8/h9-18,22-23,26-28,37-40H,19-21,24-25H2,1-8H3,(H,48,55)(H,49,56)/t37-,38-,39-,40-/m0/s1. The highest BCUT2D eigenvalue weighted by atomic mass is 16.6. The molecule has 2 aromatic rings. The predicted molar refractivity (Wildman–Crippen MR) is 229 cm³/mol. The van der Waals surface area contributed by atoms with E-state index in [1.807, 2.05) is 52.2 Å². The van der Waals surface area contributed by atoms with E-state index in [2.05, 4.69) is 59.2 Å². The first-order valence-electron chi connectivity index (χ1n) is 20.3. The van der Waals surface area contributed by atoms with Crippen molar-refractivity contribution in [1.29, 1.82) is 0 Å². The van der Waals surface area contributed by atoms with E-state index in [-0.39, 0.29) is 49.0 Å². The van der Waals surface area contributed by atoms with Gasteiger partial charge >= 0.3 is 18.3 Å². The molecule has 4 atom stereocenters. The first-order valence-corrected chi connectivity index (χ1v) is 20.3. The molecular weight excluding hydrogens is 767 g/mol. The zero-order chi connectivity index (χ0) is 43.2. The van der Waals surface area contributed by atoms with Crippen LogP contribution in [0.4, 0.5) is 14.4 Å². The number of nitrogens with one attached hydrogen (secondary N) is 2. The minimum atomic E-state index is -0.864. The SMILES string of the molecule is COC(=O)N[C@H](C(=O)N1CC=C[C@H]1C1=NC=C(c2ccc(-c3ccc(C4=CN=C([C@@H]5CN(C(=O)OC(C)C)CN5C(=O)[C@@H](NC(=O)OC)C(C)C)C4)cc3)cc2)C1)C(C)C. The fourth-order valence-electron chi connectivity index (χ4n) is 7.75. The van der Waals surface area contributed by atoms with Crippen molar-refractivity contribution in [3.63, 3.8) is 0 Å². The van der Waals surface area contributed by atoms with Crippen molar-refractivity contribution in [2.75, 3.05) is 34.0 Å². The van der Waals surface area contributed by atoms with Crippen LogP contribution < -0.4 is 10.6 Å². The van der Waals surface area contributed by atoms with Crippen molar-refractivity contribution < 1.29 is 38.2 Å². The van der Waals surface area contributed by atoms with Crippen LogP contribution in [0.25, 0.3) is 22.3 Å². The average molecular weight is 822 g/mol. The van der Waals surface area contributed by atoms with Gasteiger partial charge in [-0.3, -0.25) is 24.5 Å². The average Bonchev–Trinajstić information content (AvgIpc) is 4.07. The Morgan fingerprint density at radius 1 is 0.667 bits per heavy atom. The van der Waals surface area contributed by atoms with Gasteiger partial charge in [0.15, 0.2) is 0 Å². The fourth-order valence-corrected chi connectivity index (χ4v) is 7.75. The van der Waals surface area contributed by atoms with Crippen molar-refractivity contribution in [2.24, 2.45) is 21.8 Å². The third-order valence-electron chi connectivity index (χ3n) is 11.1. The van der Waals surface area contributed by atoms with Gasteiger partial charge in [-0.05, 0) is 59.1 Å². The van der Waals surface area contributed by atoms with E-state index in [9.17, 15) is 24.0 Å². The Balaban J connectivity index is 1.08. The second kappa shape index (κ2) is 18.8. The third kappa shape index (κ3) is 9.61. The lowest BCUT2D eigenvalue weighted by atomic mass is 9.95. The summed E-state index contributed by atoms with van der Waals surface area (Å²) in [5.41, 5.74) is 7.76. The molecule has 0 bridgehead atoms. The van der Waals surface area contributed by atoms with E-state index >= 15 is 0 Å². The van der Waals surface area contributed by atoms with Crippen LogP contribution in [-0.2, 0) is 23.8 Å². The van der Waals surface area contributed by atoms with E-state index in [0.29, 0.717) is 19.4 Å². The zero-order valence-corrected chi connectivity index (χ0v) is 35.5. The van der Waals surface area contributed by atoms with E-state index in [4.69, 9.17) is 24.2 Å². The Labute approximate surface area is 351 Å². The number of allylic oxidation sites excluding steroid dienone is 2. The number of carbonyl (C=O) groups excluding carboxylic acids is 5. The van der Waals surface area contributed by atoms with Gasteiger partial charge in [0.1, 0.15) is 12.1 Å². The number of rotatable bonds is 12. The van der Waals surface area contributed by atoms with Crippen LogP contribution in [0.1, 0.15) is 65.5 Å². The van der Waals surface area contributed by atoms with Crippen molar-refractivity contribution in [3.8, 4) is 11.1 Å². The summed E-state index contributed by atoms with van der Waals surface area (Å²) in [6.45, 7) is 11.6. The molecule has 15 heteroatoms. The van der Waals surface area contributed by atoms with Gasteiger partial charge in [-0.1, -0.05) is 88.4 Å². The number of alkyl carbamates (subject to hydrolysis) is 2. The zero-order valence-electron chi connectivity index (χ0n) is 35.5. The van der Waals surface area contributed by atoms with Gasteiger partial charge in [0, 0.05) is 43.2 Å². The summed E-state index contributed by atoms with van der Waals surface area (Å²) in [5, 5.41) is 5.34. The molecule has 1 fully saturated rings. The summed E-state index contributed by atoms with van der Waals surface area (Å²) in [6.07, 6.45) is 6.51. The van der Waals surface area contributed by atoms with Crippen LogP contribution in [0.3, 0.4) is 0 Å². The predicted octanol–water partition coefficient (Wildman–Crippen LogP) is 6.27. The lowest BCUT2D eigenvalue weighted by Crippen LogP contribution is -2.54. The Kier molecular flexibility index (Phi) is 13.6. The molecule has 4 heterocycles. The van der Waals surface area contributed by atoms with Crippen molar-refractivity contribution in [2.45, 2.75) is 84.7 Å². The Morgan fingerprint density at radius 2 is 1.13 bits per heavy atom. The Morgan fingerprint density at radius 3 is 1.62 bits per heavy atom. The lowest BCUT2D eigenvalue weighted by Gasteiger charge is -2.31. The van der Waals surface area contributed by atoms with Crippen molar-refractivity contribution in [3.05, 3.63) is 84.2 Å². The van der Waals surface area contributed by atoms with Gasteiger partial charge in [-0.15, -0.1) is 0 Å². The molecule has 0 unspecified atom stereocenters. The maximum atomic E-state index is 14.0. The van der Waals surface area contributed by atoms with Gasteiger partial charge in [-0.2, -0.15) is 0 Å². The molecule has 5 amide bonds. The van der Waals surface area contributed by atoms with E-state index in [0.717, 1.165) is 44.8 Å². The monoisotopic (exact) mass is 821 g/mol. The maximum absolute atomic E-state index is 14.0. The van der Waals surface area contributed by atoms with Crippen molar-refractivity contribution >= 4 is 52.7 Å². The van der Waals surface area contributed by atoms with Crippen LogP contribution in [-0.4, -0.2) is 120 Å². The van der Waals surface area contributed by atoms with Crippen LogP contribution in [0.15, 0.2) is 83.1 Å². The largest absolute Gasteiger partial charge is 0.453 e. The molecule has 0 aromatic heterocycles. The molecular formula is C45H55N7O8. The molecule has 15 nitrogen and oxygen atoms in total. The van der Waals surface area contributed by atoms with Gasteiger partial charge in [-0.25, -0.2) is 14.4 Å². The highest BCUT2D eigenvalue weighted by molar-refractivity contribution is 6.06. The number of benzene rings is 2. The van der Waals surface area contributed by atoms with Gasteiger partial charge in [0.2, 0.25) is 11.8 Å². The van der Waals surface area contributed by atoms with Gasteiger partial charge < -0.3 is 34.6 Å². The Bertz CT molecular complexity index is 2120. The summed E-state index contributed by atoms with van der Waals surface area (Å²) in [7, 11) is 2.53. The maximum Gasteiger partial charge on any atom is 0.411 e. The second-order valence-corrected chi connectivity index (χ2v) is 16.3. The van der Waals surface area contributed by atoms with Gasteiger partial charge in [0.25, 0.3) is 0 Å². The molecule has 0 aliphatic carbocycles. The minimum Gasteiger partial charge on any atom is -0.453 e. The number of hydrogen-bond donors (Lipinski definition) is 2. The Hall–Kier alpha value is -6.25. The number of carbonyl (C=O) groups is 5. The van der Waals surface area contributed by atoms with Crippen LogP contribution in [0, 0.1) is 11.8 Å². The molecule has 6 rings (SSSR count). The third-order valence-corrected chi connectivity index (χ3v) is 11.1. The van der Waals surface area contributed by atoms with E-state index in [1.54, 1.807) is 23.6 Å². The van der Waals surface area contributed by atoms with Gasteiger partial charge in [0.05, 0.1) is 45.6 Å². The topological polar surface area (TPSA) is 172 Å². The van der Waals surface area contributed by atoms with Crippen LogP contribution in [0.5, 0.6) is 0 Å². The smallest absolute Gasteiger partial charge is 0.411 e. The molecule has 60 heavy (non-hydrogen) atoms. The molecule has 2 aromatic carbocycles. The first kappa shape index (κ1) is 43.3. The molecule has 0 saturated carbocycles. The highest BCUT2D eigenvalue weighted by Crippen LogP contribution is 2.33. The van der Waals surface area contributed by atoms with E-state index < -0.39 is 36.4 Å². The number of amides is 5. The quantitative estimate of drug-likeness (QED) is 0.186. The molecule has 1 saturated heterocycles. The molecule has 0 radical (unpaired) electrons. The second-order valence-electron chi connectivity index (χ2n) is 16.3. The van der Waals surface area contributed by atoms with Crippen molar-refractivity contribution in [1.82, 2.24) is 25.3 Å². The van der Waals surface area contributed by atoms with Crippen LogP contribution >= 0.6 is 0 Å². The lowest BCUT2D eigenvalue weighted by molar-refractivity contribution is -0.135. The molecule has 0 spiro atoms. The number of nitrogens with zero attached hydrogens (tertiary/aromatic N) is 5. The summed E-state index contributed by atoms with van der Waals surface area (Å²) < 4.78 is 15.0. The summed E-state index contributed by atoms with van der Waals surface area (Å²) in [5.74, 6) is -0.875. The summed E-state index contributed by atoms with van der Waals surface area (Å²) in [4.78, 5) is 78.9. The molecule has 2 N–H and O–H groups in total. The normalized spacial score (nSPS) is 19.6. The van der Waals surface area contributed by atoms with Crippen LogP contribution in [0.2, 0.25) is 0 Å². The summed E-state index contributed by atoms with van der Waals surface area (Å²) >= 11 is 0. The fraction of sp³-hybridized carbons (Fsp3) is 0.444. The number of aliphatic imine (C=N–C) groups is 2. The highest BCUT2D eigenvalue weighted by Gasteiger charge is 2.44. The molecule has 4 aliphatic heterocycles. The first-order chi connectivity index (χ1) is 28.7.